The third-order valence-electron chi connectivity index (χ3n) is 4.30. The molecular weight excluding hydrogens is 346 g/mol. The first-order valence-corrected chi connectivity index (χ1v) is 11.4. The minimum absolute atomic E-state index is 0.623. The number of aromatic nitrogens is 3. The fraction of sp³-hybridized carbons (Fsp3) is 0.789. The lowest BCUT2D eigenvalue weighted by Crippen LogP contribution is -2.10. The van der Waals surface area contributed by atoms with Crippen LogP contribution in [0.4, 0.5) is 0 Å². The van der Waals surface area contributed by atoms with Gasteiger partial charge in [0.25, 0.3) is 0 Å². The van der Waals surface area contributed by atoms with E-state index in [0.717, 1.165) is 71.0 Å². The van der Waals surface area contributed by atoms with Crippen molar-refractivity contribution in [2.45, 2.75) is 82.3 Å². The molecule has 0 fully saturated rings. The first-order chi connectivity index (χ1) is 12.8. The number of unbranched alkanes of at least 4 members (excludes halogenated alkanes) is 8. The quantitative estimate of drug-likeness (QED) is 0.318. The summed E-state index contributed by atoms with van der Waals surface area (Å²) >= 11 is 0. The molecule has 0 amide bonds. The number of rotatable bonds is 17. The van der Waals surface area contributed by atoms with Gasteiger partial charge in [0.05, 0.1) is 10.8 Å². The molecule has 0 radical (unpaired) electrons. The molecule has 0 aliphatic rings. The van der Waals surface area contributed by atoms with Gasteiger partial charge in [-0.25, -0.2) is 9.67 Å². The maximum atomic E-state index is 12.4. The smallest absolute Gasteiger partial charge is 0.216 e. The zero-order valence-electron chi connectivity index (χ0n) is 16.2. The molecule has 1 aromatic rings. The van der Waals surface area contributed by atoms with Gasteiger partial charge in [0.1, 0.15) is 6.33 Å². The molecule has 1 atom stereocenters. The SMILES string of the molecule is NCCCC/C=C\CCCCCCS(=O)c1ncnn1CCCCCN. The molecule has 0 bridgehead atoms. The second-order valence-corrected chi connectivity index (χ2v) is 8.09. The molecule has 1 rings (SSSR count). The van der Waals surface area contributed by atoms with Crippen LogP contribution in [0.3, 0.4) is 0 Å². The van der Waals surface area contributed by atoms with E-state index in [1.165, 1.54) is 25.6 Å². The predicted molar refractivity (Wildman–Crippen MR) is 109 cm³/mol. The van der Waals surface area contributed by atoms with Crippen LogP contribution in [0.15, 0.2) is 23.6 Å². The lowest BCUT2D eigenvalue weighted by Gasteiger charge is -2.06. The van der Waals surface area contributed by atoms with Gasteiger partial charge in [-0.05, 0) is 64.5 Å². The van der Waals surface area contributed by atoms with Gasteiger partial charge in [0, 0.05) is 12.3 Å². The number of hydrogen-bond donors (Lipinski definition) is 2. The average Bonchev–Trinajstić information content (AvgIpc) is 3.12. The van der Waals surface area contributed by atoms with Crippen LogP contribution in [0.5, 0.6) is 0 Å². The van der Waals surface area contributed by atoms with Gasteiger partial charge in [-0.3, -0.25) is 4.21 Å². The van der Waals surface area contributed by atoms with Crippen molar-refractivity contribution in [3.05, 3.63) is 18.5 Å². The molecule has 0 aliphatic heterocycles. The highest BCUT2D eigenvalue weighted by Gasteiger charge is 2.11. The first-order valence-electron chi connectivity index (χ1n) is 10.1. The minimum atomic E-state index is -1.04. The van der Waals surface area contributed by atoms with Crippen molar-refractivity contribution in [2.75, 3.05) is 18.8 Å². The summed E-state index contributed by atoms with van der Waals surface area (Å²) in [4.78, 5) is 4.20. The van der Waals surface area contributed by atoms with Gasteiger partial charge in [0.15, 0.2) is 0 Å². The Morgan fingerprint density at radius 1 is 0.885 bits per heavy atom. The number of allylic oxidation sites excluding steroid dienone is 2. The largest absolute Gasteiger partial charge is 0.330 e. The standard InChI is InChI=1S/C19H37N5OS/c20-14-10-7-5-3-1-2-4-6-8-13-17-26(25)19-22-18-23-24(19)16-12-9-11-15-21/h1,3,18H,2,4-17,20-21H2/b3-1-. The maximum Gasteiger partial charge on any atom is 0.216 e. The molecule has 1 aromatic heterocycles. The molecule has 0 aliphatic carbocycles. The molecule has 26 heavy (non-hydrogen) atoms. The summed E-state index contributed by atoms with van der Waals surface area (Å²) in [6.07, 6.45) is 18.2. The third-order valence-corrected chi connectivity index (χ3v) is 5.68. The van der Waals surface area contributed by atoms with Crippen molar-refractivity contribution in [1.29, 1.82) is 0 Å². The van der Waals surface area contributed by atoms with Crippen molar-refractivity contribution < 1.29 is 4.21 Å². The highest BCUT2D eigenvalue weighted by atomic mass is 32.2. The van der Waals surface area contributed by atoms with Crippen LogP contribution in [0.25, 0.3) is 0 Å². The average molecular weight is 384 g/mol. The van der Waals surface area contributed by atoms with E-state index in [1.54, 1.807) is 4.68 Å². The summed E-state index contributed by atoms with van der Waals surface area (Å²) in [6.45, 7) is 2.29. The minimum Gasteiger partial charge on any atom is -0.330 e. The molecule has 6 nitrogen and oxygen atoms in total. The first kappa shape index (κ1) is 23.0. The zero-order valence-corrected chi connectivity index (χ0v) is 17.0. The van der Waals surface area contributed by atoms with Crippen LogP contribution in [0.1, 0.15) is 70.6 Å². The third kappa shape index (κ3) is 10.8. The molecule has 150 valence electrons. The topological polar surface area (TPSA) is 99.8 Å². The molecule has 1 heterocycles. The molecule has 7 heteroatoms. The summed E-state index contributed by atoms with van der Waals surface area (Å²) in [5, 5.41) is 4.83. The van der Waals surface area contributed by atoms with Crippen LogP contribution in [-0.4, -0.2) is 37.8 Å². The van der Waals surface area contributed by atoms with Gasteiger partial charge in [-0.1, -0.05) is 31.4 Å². The molecule has 0 saturated heterocycles. The Morgan fingerprint density at radius 2 is 1.50 bits per heavy atom. The van der Waals surface area contributed by atoms with Crippen molar-refractivity contribution in [2.24, 2.45) is 11.5 Å². The Labute approximate surface area is 161 Å². The number of nitrogens with two attached hydrogens (primary N) is 2. The van der Waals surface area contributed by atoms with E-state index in [2.05, 4.69) is 22.2 Å². The molecule has 0 saturated carbocycles. The summed E-state index contributed by atoms with van der Waals surface area (Å²) in [6, 6.07) is 0. The monoisotopic (exact) mass is 383 g/mol. The summed E-state index contributed by atoms with van der Waals surface area (Å²) in [7, 11) is -1.04. The number of hydrogen-bond acceptors (Lipinski definition) is 5. The lowest BCUT2D eigenvalue weighted by molar-refractivity contribution is 0.505. The van der Waals surface area contributed by atoms with Crippen LogP contribution < -0.4 is 11.5 Å². The van der Waals surface area contributed by atoms with E-state index >= 15 is 0 Å². The normalized spacial score (nSPS) is 12.8. The van der Waals surface area contributed by atoms with Crippen molar-refractivity contribution in [3.8, 4) is 0 Å². The molecule has 0 spiro atoms. The van der Waals surface area contributed by atoms with Gasteiger partial charge >= 0.3 is 0 Å². The zero-order chi connectivity index (χ0) is 18.9. The number of nitrogens with zero attached hydrogens (tertiary/aromatic N) is 3. The molecule has 4 N–H and O–H groups in total. The summed E-state index contributed by atoms with van der Waals surface area (Å²) in [5.41, 5.74) is 11.0. The van der Waals surface area contributed by atoms with E-state index in [4.69, 9.17) is 11.5 Å². The highest BCUT2D eigenvalue weighted by Crippen LogP contribution is 2.10. The lowest BCUT2D eigenvalue weighted by atomic mass is 10.1. The van der Waals surface area contributed by atoms with Gasteiger partial charge in [0.2, 0.25) is 5.16 Å². The molecule has 1 unspecified atom stereocenters. The van der Waals surface area contributed by atoms with Crippen LogP contribution in [-0.2, 0) is 17.3 Å². The molecule has 0 aromatic carbocycles. The van der Waals surface area contributed by atoms with Crippen molar-refractivity contribution in [1.82, 2.24) is 14.8 Å². The van der Waals surface area contributed by atoms with E-state index in [0.29, 0.717) is 10.9 Å². The molecular formula is C19H37N5OS. The Kier molecular flexibility index (Phi) is 14.3. The Balaban J connectivity index is 2.09. The summed E-state index contributed by atoms with van der Waals surface area (Å²) < 4.78 is 14.2. The fourth-order valence-corrected chi connectivity index (χ4v) is 3.94. The number of aryl methyl sites for hydroxylation is 1. The van der Waals surface area contributed by atoms with Gasteiger partial charge < -0.3 is 11.5 Å². The second kappa shape index (κ2) is 16.1. The Morgan fingerprint density at radius 3 is 2.23 bits per heavy atom. The van der Waals surface area contributed by atoms with Crippen molar-refractivity contribution >= 4 is 10.8 Å². The van der Waals surface area contributed by atoms with Gasteiger partial charge in [-0.2, -0.15) is 5.10 Å². The van der Waals surface area contributed by atoms with E-state index in [9.17, 15) is 4.21 Å². The van der Waals surface area contributed by atoms with E-state index in [1.807, 2.05) is 0 Å². The van der Waals surface area contributed by atoms with Gasteiger partial charge in [-0.15, -0.1) is 0 Å². The van der Waals surface area contributed by atoms with Crippen LogP contribution in [0.2, 0.25) is 0 Å². The van der Waals surface area contributed by atoms with Crippen LogP contribution >= 0.6 is 0 Å². The second-order valence-electron chi connectivity index (χ2n) is 6.62. The van der Waals surface area contributed by atoms with Crippen LogP contribution in [0, 0.1) is 0 Å². The summed E-state index contributed by atoms with van der Waals surface area (Å²) in [5.74, 6) is 0.677. The fourth-order valence-electron chi connectivity index (χ4n) is 2.75. The maximum absolute atomic E-state index is 12.4. The highest BCUT2D eigenvalue weighted by molar-refractivity contribution is 7.84. The van der Waals surface area contributed by atoms with E-state index in [-0.39, 0.29) is 0 Å². The predicted octanol–water partition coefficient (Wildman–Crippen LogP) is 3.15. The van der Waals surface area contributed by atoms with E-state index < -0.39 is 10.8 Å². The Hall–Kier alpha value is -1.05. The van der Waals surface area contributed by atoms with Crippen molar-refractivity contribution in [3.63, 3.8) is 0 Å². The Bertz CT molecular complexity index is 504.